The van der Waals surface area contributed by atoms with E-state index < -0.39 is 0 Å². The summed E-state index contributed by atoms with van der Waals surface area (Å²) in [5.41, 5.74) is 2.73. The summed E-state index contributed by atoms with van der Waals surface area (Å²) in [4.78, 5) is 27.2. The van der Waals surface area contributed by atoms with E-state index in [4.69, 9.17) is 0 Å². The van der Waals surface area contributed by atoms with E-state index in [1.807, 2.05) is 4.90 Å². The lowest BCUT2D eigenvalue weighted by molar-refractivity contribution is -0.138. The van der Waals surface area contributed by atoms with E-state index >= 15 is 0 Å². The highest BCUT2D eigenvalue weighted by Gasteiger charge is 2.36. The Morgan fingerprint density at radius 2 is 2.04 bits per heavy atom. The Bertz CT molecular complexity index is 659. The molecular formula is C20H26N2O2S. The van der Waals surface area contributed by atoms with Crippen molar-refractivity contribution in [1.29, 1.82) is 0 Å². The first kappa shape index (κ1) is 17.0. The molecule has 0 spiro atoms. The largest absolute Gasteiger partial charge is 0.354 e. The van der Waals surface area contributed by atoms with Crippen molar-refractivity contribution in [3.63, 3.8) is 0 Å². The Hall–Kier alpha value is -1.49. The van der Waals surface area contributed by atoms with Gasteiger partial charge in [-0.1, -0.05) is 24.3 Å². The van der Waals surface area contributed by atoms with Gasteiger partial charge in [0.1, 0.15) is 6.04 Å². The average Bonchev–Trinajstić information content (AvgIpc) is 3.33. The second-order valence-electron chi connectivity index (χ2n) is 7.56. The highest BCUT2D eigenvalue weighted by atomic mass is 32.2. The van der Waals surface area contributed by atoms with Crippen LogP contribution in [0.5, 0.6) is 0 Å². The number of thioether (sulfide) groups is 1. The first-order valence-corrected chi connectivity index (χ1v) is 10.6. The van der Waals surface area contributed by atoms with Crippen LogP contribution in [0.2, 0.25) is 0 Å². The molecule has 2 fully saturated rings. The van der Waals surface area contributed by atoms with Crippen LogP contribution in [-0.2, 0) is 16.0 Å². The number of hydrogen-bond acceptors (Lipinski definition) is 3. The summed E-state index contributed by atoms with van der Waals surface area (Å²) in [5, 5.41) is 3.04. The van der Waals surface area contributed by atoms with Crippen LogP contribution in [-0.4, -0.2) is 40.9 Å². The number of aryl methyl sites for hydroxylation is 1. The highest BCUT2D eigenvalue weighted by molar-refractivity contribution is 7.99. The van der Waals surface area contributed by atoms with Gasteiger partial charge in [0.05, 0.1) is 5.88 Å². The highest BCUT2D eigenvalue weighted by Crippen LogP contribution is 2.35. The number of nitrogens with one attached hydrogen (secondary N) is 1. The van der Waals surface area contributed by atoms with E-state index in [1.165, 1.54) is 24.0 Å². The molecule has 134 valence electrons. The first-order chi connectivity index (χ1) is 12.2. The minimum atomic E-state index is -0.282. The molecule has 4 nitrogen and oxygen atoms in total. The van der Waals surface area contributed by atoms with Gasteiger partial charge in [-0.05, 0) is 55.1 Å². The zero-order valence-corrected chi connectivity index (χ0v) is 15.4. The zero-order valence-electron chi connectivity index (χ0n) is 14.6. The van der Waals surface area contributed by atoms with E-state index in [0.29, 0.717) is 24.1 Å². The predicted octanol–water partition coefficient (Wildman–Crippen LogP) is 2.92. The smallest absolute Gasteiger partial charge is 0.243 e. The molecule has 3 aliphatic rings. The molecule has 1 N–H and O–H groups in total. The zero-order chi connectivity index (χ0) is 17.2. The van der Waals surface area contributed by atoms with Crippen LogP contribution < -0.4 is 5.32 Å². The Labute approximate surface area is 153 Å². The number of hydrogen-bond donors (Lipinski definition) is 1. The van der Waals surface area contributed by atoms with Gasteiger partial charge in [0.25, 0.3) is 0 Å². The molecule has 2 amide bonds. The van der Waals surface area contributed by atoms with Gasteiger partial charge < -0.3 is 10.2 Å². The second kappa shape index (κ2) is 7.40. The van der Waals surface area contributed by atoms with Crippen LogP contribution in [0.1, 0.15) is 49.1 Å². The molecule has 2 atom stereocenters. The summed E-state index contributed by atoms with van der Waals surface area (Å²) in [6.45, 7) is 0.776. The van der Waals surface area contributed by atoms with Crippen LogP contribution in [0.3, 0.4) is 0 Å². The number of fused-ring (bicyclic) bond motifs is 1. The third-order valence-electron chi connectivity index (χ3n) is 5.68. The number of carbonyl (C=O) groups is 2. The molecule has 1 aromatic rings. The molecule has 1 aliphatic heterocycles. The van der Waals surface area contributed by atoms with Crippen molar-refractivity contribution in [3.05, 3.63) is 35.4 Å². The van der Waals surface area contributed by atoms with Gasteiger partial charge in [-0.25, -0.2) is 0 Å². The van der Waals surface area contributed by atoms with Gasteiger partial charge in [0.15, 0.2) is 0 Å². The SMILES string of the molecule is O=C(NCC1CC1)C1CSCN1C(=O)CC1CCCc2ccccc21. The molecule has 1 saturated heterocycles. The molecule has 2 unspecified atom stereocenters. The van der Waals surface area contributed by atoms with Gasteiger partial charge in [-0.2, -0.15) is 0 Å². The van der Waals surface area contributed by atoms with Gasteiger partial charge in [0.2, 0.25) is 11.8 Å². The summed E-state index contributed by atoms with van der Waals surface area (Å²) >= 11 is 1.69. The maximum Gasteiger partial charge on any atom is 0.243 e. The standard InChI is InChI=1S/C20H26N2O2S/c23-19(10-16-6-3-5-15-4-1-2-7-17(15)16)22-13-25-12-18(22)20(24)21-11-14-8-9-14/h1-2,4,7,14,16,18H,3,5-6,8-13H2,(H,21,24). The van der Waals surface area contributed by atoms with Crippen molar-refractivity contribution < 1.29 is 9.59 Å². The topological polar surface area (TPSA) is 49.4 Å². The third-order valence-corrected chi connectivity index (χ3v) is 6.69. The number of benzene rings is 1. The maximum absolute atomic E-state index is 12.9. The maximum atomic E-state index is 12.9. The van der Waals surface area contributed by atoms with Crippen molar-refractivity contribution in [2.24, 2.45) is 5.92 Å². The van der Waals surface area contributed by atoms with Gasteiger partial charge in [-0.3, -0.25) is 9.59 Å². The Kier molecular flexibility index (Phi) is 5.02. The van der Waals surface area contributed by atoms with Crippen LogP contribution in [0.15, 0.2) is 24.3 Å². The van der Waals surface area contributed by atoms with E-state index in [0.717, 1.165) is 31.6 Å². The third kappa shape index (κ3) is 3.86. The van der Waals surface area contributed by atoms with Crippen molar-refractivity contribution in [3.8, 4) is 0 Å². The van der Waals surface area contributed by atoms with Crippen LogP contribution >= 0.6 is 11.8 Å². The fraction of sp³-hybridized carbons (Fsp3) is 0.600. The Balaban J connectivity index is 1.39. The van der Waals surface area contributed by atoms with E-state index in [9.17, 15) is 9.59 Å². The summed E-state index contributed by atoms with van der Waals surface area (Å²) in [6.07, 6.45) is 6.32. The lowest BCUT2D eigenvalue weighted by atomic mass is 9.81. The number of rotatable bonds is 5. The molecule has 25 heavy (non-hydrogen) atoms. The Morgan fingerprint density at radius 1 is 1.20 bits per heavy atom. The summed E-state index contributed by atoms with van der Waals surface area (Å²) in [6, 6.07) is 8.23. The van der Waals surface area contributed by atoms with Crippen molar-refractivity contribution in [2.45, 2.75) is 50.5 Å². The van der Waals surface area contributed by atoms with Gasteiger partial charge in [-0.15, -0.1) is 11.8 Å². The quantitative estimate of drug-likeness (QED) is 0.880. The van der Waals surface area contributed by atoms with Crippen LogP contribution in [0.25, 0.3) is 0 Å². The number of amides is 2. The van der Waals surface area contributed by atoms with Crippen molar-refractivity contribution in [1.82, 2.24) is 10.2 Å². The molecule has 0 radical (unpaired) electrons. The Morgan fingerprint density at radius 3 is 2.88 bits per heavy atom. The molecule has 0 aromatic heterocycles. The summed E-state index contributed by atoms with van der Waals surface area (Å²) in [7, 11) is 0. The fourth-order valence-electron chi connectivity index (χ4n) is 3.98. The van der Waals surface area contributed by atoms with Crippen molar-refractivity contribution >= 4 is 23.6 Å². The normalized spacial score (nSPS) is 25.5. The lowest BCUT2D eigenvalue weighted by Crippen LogP contribution is -2.48. The van der Waals surface area contributed by atoms with E-state index in [2.05, 4.69) is 29.6 Å². The first-order valence-electron chi connectivity index (χ1n) is 9.45. The minimum absolute atomic E-state index is 0.0364. The molecular weight excluding hydrogens is 332 g/mol. The molecule has 1 heterocycles. The van der Waals surface area contributed by atoms with Crippen molar-refractivity contribution in [2.75, 3.05) is 18.2 Å². The fourth-order valence-corrected chi connectivity index (χ4v) is 5.17. The molecule has 1 aromatic carbocycles. The molecule has 4 rings (SSSR count). The van der Waals surface area contributed by atoms with E-state index in [1.54, 1.807) is 11.8 Å². The van der Waals surface area contributed by atoms with E-state index in [-0.39, 0.29) is 17.9 Å². The molecule has 5 heteroatoms. The lowest BCUT2D eigenvalue weighted by Gasteiger charge is -2.28. The van der Waals surface area contributed by atoms with Gasteiger partial charge in [0, 0.05) is 18.7 Å². The van der Waals surface area contributed by atoms with Crippen LogP contribution in [0, 0.1) is 5.92 Å². The summed E-state index contributed by atoms with van der Waals surface area (Å²) in [5.74, 6) is 2.52. The number of carbonyl (C=O) groups excluding carboxylic acids is 2. The number of nitrogens with zero attached hydrogens (tertiary/aromatic N) is 1. The van der Waals surface area contributed by atoms with Crippen LogP contribution in [0.4, 0.5) is 0 Å². The average molecular weight is 359 g/mol. The molecule has 2 aliphatic carbocycles. The molecule has 1 saturated carbocycles. The minimum Gasteiger partial charge on any atom is -0.354 e. The second-order valence-corrected chi connectivity index (χ2v) is 8.56. The molecule has 0 bridgehead atoms. The van der Waals surface area contributed by atoms with Gasteiger partial charge >= 0.3 is 0 Å². The summed E-state index contributed by atoms with van der Waals surface area (Å²) < 4.78 is 0. The predicted molar refractivity (Wildman–Crippen MR) is 100 cm³/mol. The monoisotopic (exact) mass is 358 g/mol.